The molecule has 4 aromatic rings. The van der Waals surface area contributed by atoms with E-state index in [0.717, 1.165) is 24.2 Å². The standard InChI is InChI=1S/C22H18F3N7O/c23-15-6-5-14(7-18(15)32-11-17-19(32)8-26-17)16-10-31(30-27-16)9-12-1-3-13(4-2-12)21-28-29-22(33-21)20(24)25/h1-7,10,17,19-20,26H,8-9,11H2/t17?,19-/m1/s1. The zero-order chi connectivity index (χ0) is 22.5. The second-order valence-corrected chi connectivity index (χ2v) is 8.15. The van der Waals surface area contributed by atoms with Gasteiger partial charge in [0, 0.05) is 30.3 Å². The first-order valence-electron chi connectivity index (χ1n) is 10.5. The molecule has 2 saturated heterocycles. The van der Waals surface area contributed by atoms with E-state index in [4.69, 9.17) is 4.42 Å². The number of benzene rings is 2. The molecule has 1 unspecified atom stereocenters. The van der Waals surface area contributed by atoms with Gasteiger partial charge in [-0.15, -0.1) is 15.3 Å². The second kappa shape index (κ2) is 7.69. The van der Waals surface area contributed by atoms with Crippen molar-refractivity contribution in [2.75, 3.05) is 18.0 Å². The number of nitrogens with one attached hydrogen (secondary N) is 1. The molecule has 6 rings (SSSR count). The van der Waals surface area contributed by atoms with E-state index in [1.54, 1.807) is 22.9 Å². The van der Waals surface area contributed by atoms with Crippen molar-refractivity contribution in [3.05, 3.63) is 65.9 Å². The Labute approximate surface area is 186 Å². The van der Waals surface area contributed by atoms with Crippen LogP contribution >= 0.6 is 0 Å². The molecule has 2 aromatic heterocycles. The van der Waals surface area contributed by atoms with Gasteiger partial charge in [0.25, 0.3) is 5.89 Å². The number of rotatable bonds is 6. The molecule has 4 heterocycles. The van der Waals surface area contributed by atoms with Crippen LogP contribution in [0.15, 0.2) is 53.1 Å². The molecular weight excluding hydrogens is 435 g/mol. The van der Waals surface area contributed by atoms with Crippen molar-refractivity contribution >= 4 is 5.69 Å². The highest BCUT2D eigenvalue weighted by atomic mass is 19.3. The van der Waals surface area contributed by atoms with Gasteiger partial charge in [-0.05, 0) is 35.9 Å². The van der Waals surface area contributed by atoms with Crippen LogP contribution < -0.4 is 10.2 Å². The third kappa shape index (κ3) is 3.54. The minimum atomic E-state index is -2.80. The van der Waals surface area contributed by atoms with Crippen LogP contribution in [0, 0.1) is 5.82 Å². The highest BCUT2D eigenvalue weighted by Crippen LogP contribution is 2.35. The lowest BCUT2D eigenvalue weighted by atomic mass is 9.87. The summed E-state index contributed by atoms with van der Waals surface area (Å²) >= 11 is 0. The van der Waals surface area contributed by atoms with Gasteiger partial charge in [0.15, 0.2) is 0 Å². The lowest BCUT2D eigenvalue weighted by Gasteiger charge is -2.57. The fourth-order valence-electron chi connectivity index (χ4n) is 4.17. The van der Waals surface area contributed by atoms with Gasteiger partial charge < -0.3 is 14.6 Å². The lowest BCUT2D eigenvalue weighted by Crippen LogP contribution is -2.78. The number of fused-ring (bicyclic) bond motifs is 1. The van der Waals surface area contributed by atoms with Crippen LogP contribution in [0.3, 0.4) is 0 Å². The van der Waals surface area contributed by atoms with E-state index >= 15 is 0 Å². The summed E-state index contributed by atoms with van der Waals surface area (Å²) in [5.74, 6) is -0.900. The molecule has 168 valence electrons. The summed E-state index contributed by atoms with van der Waals surface area (Å²) in [6, 6.07) is 12.9. The first-order valence-corrected chi connectivity index (χ1v) is 10.5. The Bertz CT molecular complexity index is 1300. The molecule has 11 heteroatoms. The van der Waals surface area contributed by atoms with Gasteiger partial charge in [-0.3, -0.25) is 0 Å². The zero-order valence-electron chi connectivity index (χ0n) is 17.2. The summed E-state index contributed by atoms with van der Waals surface area (Å²) in [5.41, 5.74) is 3.52. The van der Waals surface area contributed by atoms with Crippen molar-refractivity contribution in [1.29, 1.82) is 0 Å². The van der Waals surface area contributed by atoms with Gasteiger partial charge in [0.05, 0.1) is 24.5 Å². The fourth-order valence-corrected chi connectivity index (χ4v) is 4.17. The molecule has 2 aromatic carbocycles. The summed E-state index contributed by atoms with van der Waals surface area (Å²) in [4.78, 5) is 2.08. The molecule has 1 N–H and O–H groups in total. The van der Waals surface area contributed by atoms with Crippen LogP contribution in [0.4, 0.5) is 18.9 Å². The number of hydrogen-bond acceptors (Lipinski definition) is 7. The van der Waals surface area contributed by atoms with Crippen molar-refractivity contribution in [3.8, 4) is 22.7 Å². The topological polar surface area (TPSA) is 84.9 Å². The summed E-state index contributed by atoms with van der Waals surface area (Å²) in [7, 11) is 0. The number of halogens is 3. The monoisotopic (exact) mass is 453 g/mol. The zero-order valence-corrected chi connectivity index (χ0v) is 17.2. The average molecular weight is 453 g/mol. The van der Waals surface area contributed by atoms with Gasteiger partial charge in [0.2, 0.25) is 5.89 Å². The Kier molecular flexibility index (Phi) is 4.64. The van der Waals surface area contributed by atoms with Crippen molar-refractivity contribution < 1.29 is 17.6 Å². The van der Waals surface area contributed by atoms with Crippen LogP contribution in [0.25, 0.3) is 22.7 Å². The Hall–Kier alpha value is -3.73. The maximum atomic E-state index is 14.4. The van der Waals surface area contributed by atoms with Crippen LogP contribution in [-0.2, 0) is 6.54 Å². The molecule has 0 radical (unpaired) electrons. The molecule has 2 atom stereocenters. The molecule has 0 saturated carbocycles. The summed E-state index contributed by atoms with van der Waals surface area (Å²) in [5, 5.41) is 18.7. The van der Waals surface area contributed by atoms with Crippen LogP contribution in [0.5, 0.6) is 0 Å². The van der Waals surface area contributed by atoms with E-state index in [9.17, 15) is 13.2 Å². The van der Waals surface area contributed by atoms with Crippen LogP contribution in [0.1, 0.15) is 17.9 Å². The molecule has 0 amide bonds. The smallest absolute Gasteiger partial charge is 0.314 e. The van der Waals surface area contributed by atoms with E-state index in [2.05, 4.69) is 30.7 Å². The van der Waals surface area contributed by atoms with Crippen LogP contribution in [-0.4, -0.2) is 50.4 Å². The Morgan fingerprint density at radius 3 is 2.55 bits per heavy atom. The SMILES string of the molecule is Fc1ccc(-c2cn(Cc3ccc(-c4nnc(C(F)F)o4)cc3)nn2)cc1N1CC2NC[C@H]21. The second-order valence-electron chi connectivity index (χ2n) is 8.15. The quantitative estimate of drug-likeness (QED) is 0.480. The Morgan fingerprint density at radius 1 is 1.06 bits per heavy atom. The largest absolute Gasteiger partial charge is 0.415 e. The van der Waals surface area contributed by atoms with Gasteiger partial charge in [-0.2, -0.15) is 8.78 Å². The maximum Gasteiger partial charge on any atom is 0.314 e. The Morgan fingerprint density at radius 2 is 1.88 bits per heavy atom. The molecule has 2 fully saturated rings. The minimum Gasteiger partial charge on any atom is -0.415 e. The highest BCUT2D eigenvalue weighted by Gasteiger charge is 2.46. The Balaban J connectivity index is 1.17. The van der Waals surface area contributed by atoms with Gasteiger partial charge in [0.1, 0.15) is 11.5 Å². The highest BCUT2D eigenvalue weighted by molar-refractivity contribution is 5.67. The van der Waals surface area contributed by atoms with Gasteiger partial charge in [-0.25, -0.2) is 9.07 Å². The van der Waals surface area contributed by atoms with Gasteiger partial charge in [-0.1, -0.05) is 17.3 Å². The molecule has 8 nitrogen and oxygen atoms in total. The summed E-state index contributed by atoms with van der Waals surface area (Å²) < 4.78 is 46.3. The minimum absolute atomic E-state index is 0.0400. The van der Waals surface area contributed by atoms with E-state index in [1.165, 1.54) is 6.07 Å². The number of hydrogen-bond donors (Lipinski definition) is 1. The van der Waals surface area contributed by atoms with E-state index in [0.29, 0.717) is 35.6 Å². The number of alkyl halides is 2. The molecule has 0 aliphatic carbocycles. The predicted octanol–water partition coefficient (Wildman–Crippen LogP) is 3.28. The normalized spacial score (nSPS) is 19.3. The number of aromatic nitrogens is 5. The van der Waals surface area contributed by atoms with Crippen LogP contribution in [0.2, 0.25) is 0 Å². The predicted molar refractivity (Wildman–Crippen MR) is 112 cm³/mol. The first-order chi connectivity index (χ1) is 16.0. The number of nitrogens with zero attached hydrogens (tertiary/aromatic N) is 6. The van der Waals surface area contributed by atoms with Crippen molar-refractivity contribution in [2.45, 2.75) is 25.1 Å². The van der Waals surface area contributed by atoms with E-state index in [1.807, 2.05) is 24.4 Å². The number of anilines is 1. The fraction of sp³-hybridized carbons (Fsp3) is 0.273. The van der Waals surface area contributed by atoms with Crippen molar-refractivity contribution in [3.63, 3.8) is 0 Å². The van der Waals surface area contributed by atoms with Crippen molar-refractivity contribution in [1.82, 2.24) is 30.5 Å². The third-order valence-corrected chi connectivity index (χ3v) is 6.11. The maximum absolute atomic E-state index is 14.4. The molecule has 33 heavy (non-hydrogen) atoms. The molecule has 2 aliphatic heterocycles. The molecule has 0 spiro atoms. The molecule has 0 bridgehead atoms. The molecular formula is C22H18F3N7O. The summed E-state index contributed by atoms with van der Waals surface area (Å²) in [6.07, 6.45) is -0.996. The first kappa shape index (κ1) is 19.9. The van der Waals surface area contributed by atoms with E-state index in [-0.39, 0.29) is 11.7 Å². The summed E-state index contributed by atoms with van der Waals surface area (Å²) in [6.45, 7) is 2.14. The van der Waals surface area contributed by atoms with Crippen molar-refractivity contribution in [2.24, 2.45) is 0 Å². The van der Waals surface area contributed by atoms with Gasteiger partial charge >= 0.3 is 6.43 Å². The van der Waals surface area contributed by atoms with E-state index < -0.39 is 12.3 Å². The molecule has 2 aliphatic rings. The lowest BCUT2D eigenvalue weighted by molar-refractivity contribution is 0.116. The third-order valence-electron chi connectivity index (χ3n) is 6.11. The average Bonchev–Trinajstić information content (AvgIpc) is 3.47. The number of piperazine rings is 1.